The molecule has 0 atom stereocenters. The smallest absolute Gasteiger partial charge is 0.115 e. The predicted octanol–water partition coefficient (Wildman–Crippen LogP) is 3.18. The van der Waals surface area contributed by atoms with Gasteiger partial charge in [0.25, 0.3) is 0 Å². The first-order valence-electron chi connectivity index (χ1n) is 5.71. The molecule has 0 aliphatic carbocycles. The van der Waals surface area contributed by atoms with Crippen molar-refractivity contribution in [3.63, 3.8) is 0 Å². The zero-order chi connectivity index (χ0) is 13.0. The lowest BCUT2D eigenvalue weighted by atomic mass is 10.1. The first-order chi connectivity index (χ1) is 8.69. The molecule has 0 saturated heterocycles. The monoisotopic (exact) mass is 238 g/mol. The van der Waals surface area contributed by atoms with Crippen LogP contribution in [0.5, 0.6) is 5.75 Å². The number of phenols is 1. The first kappa shape index (κ1) is 12.0. The van der Waals surface area contributed by atoms with Gasteiger partial charge in [-0.05, 0) is 42.3 Å². The lowest BCUT2D eigenvalue weighted by Crippen LogP contribution is -2.01. The molecule has 0 aromatic heterocycles. The number of aromatic hydroxyl groups is 1. The quantitative estimate of drug-likeness (QED) is 0.863. The summed E-state index contributed by atoms with van der Waals surface area (Å²) in [4.78, 5) is 0. The van der Waals surface area contributed by atoms with Gasteiger partial charge in [-0.2, -0.15) is 5.26 Å². The summed E-state index contributed by atoms with van der Waals surface area (Å²) in [5, 5.41) is 21.4. The molecule has 2 rings (SSSR count). The first-order valence-corrected chi connectivity index (χ1v) is 5.71. The van der Waals surface area contributed by atoms with Crippen molar-refractivity contribution in [2.75, 3.05) is 5.32 Å². The van der Waals surface area contributed by atoms with Crippen LogP contribution in [0.25, 0.3) is 0 Å². The molecule has 2 aromatic rings. The molecule has 0 unspecified atom stereocenters. The van der Waals surface area contributed by atoms with Gasteiger partial charge >= 0.3 is 0 Å². The zero-order valence-corrected chi connectivity index (χ0v) is 10.1. The largest absolute Gasteiger partial charge is 0.508 e. The fraction of sp³-hybridized carbons (Fsp3) is 0.133. The number of rotatable bonds is 3. The summed E-state index contributed by atoms with van der Waals surface area (Å²) in [5.41, 5.74) is 3.79. The number of nitrogens with one attached hydrogen (secondary N) is 1. The van der Waals surface area contributed by atoms with Gasteiger partial charge in [0.2, 0.25) is 0 Å². The number of hydrogen-bond donors (Lipinski definition) is 2. The van der Waals surface area contributed by atoms with Crippen molar-refractivity contribution in [1.29, 1.82) is 5.26 Å². The Labute approximate surface area is 106 Å². The molecule has 0 heterocycles. The average Bonchev–Trinajstić information content (AvgIpc) is 2.40. The zero-order valence-electron chi connectivity index (χ0n) is 10.1. The van der Waals surface area contributed by atoms with Gasteiger partial charge in [-0.25, -0.2) is 0 Å². The van der Waals surface area contributed by atoms with Crippen molar-refractivity contribution < 1.29 is 5.11 Å². The average molecular weight is 238 g/mol. The molecule has 0 amide bonds. The number of nitriles is 1. The lowest BCUT2D eigenvalue weighted by molar-refractivity contribution is 0.475. The number of aryl methyl sites for hydroxylation is 1. The van der Waals surface area contributed by atoms with Crippen molar-refractivity contribution in [3.8, 4) is 11.8 Å². The molecule has 3 nitrogen and oxygen atoms in total. The second kappa shape index (κ2) is 5.24. The van der Waals surface area contributed by atoms with Crippen LogP contribution in [0.3, 0.4) is 0 Å². The maximum Gasteiger partial charge on any atom is 0.115 e. The molecule has 0 bridgehead atoms. The van der Waals surface area contributed by atoms with Crippen LogP contribution >= 0.6 is 0 Å². The molecule has 0 fully saturated rings. The van der Waals surface area contributed by atoms with Gasteiger partial charge in [-0.1, -0.05) is 18.2 Å². The molecule has 3 heteroatoms. The highest BCUT2D eigenvalue weighted by molar-refractivity contribution is 5.55. The van der Waals surface area contributed by atoms with Crippen LogP contribution in [0, 0.1) is 18.3 Å². The van der Waals surface area contributed by atoms with E-state index in [1.807, 2.05) is 31.2 Å². The highest BCUT2D eigenvalue weighted by atomic mass is 16.3. The van der Waals surface area contributed by atoms with Gasteiger partial charge in [-0.15, -0.1) is 0 Å². The molecule has 90 valence electrons. The molecule has 2 aromatic carbocycles. The van der Waals surface area contributed by atoms with Gasteiger partial charge < -0.3 is 10.4 Å². The van der Waals surface area contributed by atoms with E-state index in [0.29, 0.717) is 12.1 Å². The van der Waals surface area contributed by atoms with Gasteiger partial charge in [0.05, 0.1) is 11.6 Å². The van der Waals surface area contributed by atoms with Gasteiger partial charge in [0.1, 0.15) is 5.75 Å². The molecular weight excluding hydrogens is 224 g/mol. The summed E-state index contributed by atoms with van der Waals surface area (Å²) in [5.74, 6) is 0.265. The van der Waals surface area contributed by atoms with Crippen molar-refractivity contribution in [3.05, 3.63) is 59.2 Å². The predicted molar refractivity (Wildman–Crippen MR) is 71.3 cm³/mol. The second-order valence-corrected chi connectivity index (χ2v) is 4.16. The molecule has 0 saturated carbocycles. The van der Waals surface area contributed by atoms with Crippen LogP contribution < -0.4 is 5.32 Å². The molecule has 0 radical (unpaired) electrons. The maximum absolute atomic E-state index is 9.20. The van der Waals surface area contributed by atoms with E-state index in [0.717, 1.165) is 16.8 Å². The van der Waals surface area contributed by atoms with E-state index in [2.05, 4.69) is 11.4 Å². The number of nitrogens with zero attached hydrogens (tertiary/aromatic N) is 1. The van der Waals surface area contributed by atoms with Crippen LogP contribution in [-0.2, 0) is 6.54 Å². The van der Waals surface area contributed by atoms with Crippen LogP contribution in [0.2, 0.25) is 0 Å². The summed E-state index contributed by atoms with van der Waals surface area (Å²) in [6.07, 6.45) is 0. The van der Waals surface area contributed by atoms with E-state index in [4.69, 9.17) is 5.26 Å². The normalized spacial score (nSPS) is 9.78. The Kier molecular flexibility index (Phi) is 3.49. The minimum absolute atomic E-state index is 0.265. The van der Waals surface area contributed by atoms with Crippen molar-refractivity contribution in [2.24, 2.45) is 0 Å². The van der Waals surface area contributed by atoms with Crippen LogP contribution in [0.4, 0.5) is 5.69 Å². The van der Waals surface area contributed by atoms with Crippen LogP contribution in [0.1, 0.15) is 16.7 Å². The van der Waals surface area contributed by atoms with Gasteiger partial charge in [-0.3, -0.25) is 0 Å². The summed E-state index contributed by atoms with van der Waals surface area (Å²) < 4.78 is 0. The fourth-order valence-corrected chi connectivity index (χ4v) is 1.69. The molecule has 18 heavy (non-hydrogen) atoms. The van der Waals surface area contributed by atoms with E-state index < -0.39 is 0 Å². The highest BCUT2D eigenvalue weighted by Crippen LogP contribution is 2.18. The summed E-state index contributed by atoms with van der Waals surface area (Å²) >= 11 is 0. The fourth-order valence-electron chi connectivity index (χ4n) is 1.69. The lowest BCUT2D eigenvalue weighted by Gasteiger charge is -2.10. The standard InChI is InChI=1S/C15H14N2O/c1-11-2-3-13(9-16)8-15(11)17-10-12-4-6-14(18)7-5-12/h2-8,17-18H,10H2,1H3. The molecule has 0 spiro atoms. The minimum Gasteiger partial charge on any atom is -0.508 e. The third-order valence-corrected chi connectivity index (χ3v) is 2.79. The third-order valence-electron chi connectivity index (χ3n) is 2.79. The van der Waals surface area contributed by atoms with E-state index in [1.165, 1.54) is 0 Å². The maximum atomic E-state index is 9.20. The Bertz CT molecular complexity index is 582. The van der Waals surface area contributed by atoms with Crippen molar-refractivity contribution >= 4 is 5.69 Å². The number of phenolic OH excluding ortho intramolecular Hbond substituents is 1. The molecule has 2 N–H and O–H groups in total. The van der Waals surface area contributed by atoms with Crippen LogP contribution in [0.15, 0.2) is 42.5 Å². The van der Waals surface area contributed by atoms with Crippen LogP contribution in [-0.4, -0.2) is 5.11 Å². The minimum atomic E-state index is 0.265. The number of anilines is 1. The Balaban J connectivity index is 2.10. The number of benzene rings is 2. The van der Waals surface area contributed by atoms with Gasteiger partial charge in [0, 0.05) is 12.2 Å². The Morgan fingerprint density at radius 3 is 2.56 bits per heavy atom. The van der Waals surface area contributed by atoms with E-state index in [-0.39, 0.29) is 5.75 Å². The van der Waals surface area contributed by atoms with Crippen molar-refractivity contribution in [1.82, 2.24) is 0 Å². The molecular formula is C15H14N2O. The molecule has 0 aliphatic heterocycles. The van der Waals surface area contributed by atoms with Gasteiger partial charge in [0.15, 0.2) is 0 Å². The summed E-state index contributed by atoms with van der Waals surface area (Å²) in [6.45, 7) is 2.66. The number of hydrogen-bond acceptors (Lipinski definition) is 3. The third kappa shape index (κ3) is 2.80. The Morgan fingerprint density at radius 2 is 1.89 bits per heavy atom. The van der Waals surface area contributed by atoms with E-state index >= 15 is 0 Å². The molecule has 0 aliphatic rings. The van der Waals surface area contributed by atoms with E-state index in [9.17, 15) is 5.11 Å². The summed E-state index contributed by atoms with van der Waals surface area (Å²) in [6, 6.07) is 14.8. The van der Waals surface area contributed by atoms with E-state index in [1.54, 1.807) is 18.2 Å². The SMILES string of the molecule is Cc1ccc(C#N)cc1NCc1ccc(O)cc1. The Hall–Kier alpha value is -2.47. The summed E-state index contributed by atoms with van der Waals surface area (Å²) in [7, 11) is 0. The highest BCUT2D eigenvalue weighted by Gasteiger charge is 2.00. The second-order valence-electron chi connectivity index (χ2n) is 4.16. The Morgan fingerprint density at radius 1 is 1.17 bits per heavy atom. The topological polar surface area (TPSA) is 56.0 Å². The van der Waals surface area contributed by atoms with Crippen molar-refractivity contribution in [2.45, 2.75) is 13.5 Å².